The zero-order valence-electron chi connectivity index (χ0n) is 18.4. The van der Waals surface area contributed by atoms with Crippen LogP contribution in [-0.4, -0.2) is 32.3 Å². The first-order valence-corrected chi connectivity index (χ1v) is 10.1. The highest BCUT2D eigenvalue weighted by molar-refractivity contribution is 6.23. The number of hydrogen-bond donors (Lipinski definition) is 2. The molecule has 8 nitrogen and oxygen atoms in total. The van der Waals surface area contributed by atoms with Gasteiger partial charge >= 0.3 is 0 Å². The van der Waals surface area contributed by atoms with Crippen molar-refractivity contribution in [2.24, 2.45) is 7.05 Å². The third-order valence-electron chi connectivity index (χ3n) is 6.19. The van der Waals surface area contributed by atoms with Gasteiger partial charge in [0.15, 0.2) is 0 Å². The zero-order chi connectivity index (χ0) is 22.2. The Morgan fingerprint density at radius 1 is 1.10 bits per heavy atom. The van der Waals surface area contributed by atoms with Crippen LogP contribution in [0.5, 0.6) is 5.75 Å². The number of anilines is 2. The standard InChI is InChI=1S/C23H24N6O2/c1-10-7-8-15(31-6)12(3)20(10)29-21(24)18-17-16(11(2)13(4)25-22(17)29)19-14(26-23(18)30)9-28(5)27-19/h7-9H,24H2,1-6H3,(H,26,30). The number of carbonyl (C=O) groups is 1. The van der Waals surface area contributed by atoms with Gasteiger partial charge < -0.3 is 15.8 Å². The predicted octanol–water partition coefficient (Wildman–Crippen LogP) is 3.82. The van der Waals surface area contributed by atoms with Gasteiger partial charge in [-0.3, -0.25) is 14.0 Å². The maximum Gasteiger partial charge on any atom is 0.260 e. The van der Waals surface area contributed by atoms with Crippen molar-refractivity contribution in [1.29, 1.82) is 0 Å². The van der Waals surface area contributed by atoms with Crippen molar-refractivity contribution < 1.29 is 9.53 Å². The van der Waals surface area contributed by atoms with Crippen molar-refractivity contribution >= 4 is 28.4 Å². The van der Waals surface area contributed by atoms with Gasteiger partial charge in [0.1, 0.15) is 22.9 Å². The van der Waals surface area contributed by atoms with Crippen LogP contribution < -0.4 is 15.8 Å². The van der Waals surface area contributed by atoms with Gasteiger partial charge in [0.2, 0.25) is 0 Å². The molecule has 5 rings (SSSR count). The Hall–Kier alpha value is -3.81. The summed E-state index contributed by atoms with van der Waals surface area (Å²) in [6, 6.07) is 3.91. The molecule has 0 unspecified atom stereocenters. The quantitative estimate of drug-likeness (QED) is 0.517. The molecule has 0 atom stereocenters. The van der Waals surface area contributed by atoms with Crippen LogP contribution in [0.1, 0.15) is 32.7 Å². The third-order valence-corrected chi connectivity index (χ3v) is 6.19. The first-order valence-electron chi connectivity index (χ1n) is 10.1. The Labute approximate surface area is 179 Å². The molecular formula is C23H24N6O2. The van der Waals surface area contributed by atoms with Gasteiger partial charge in [0.05, 0.1) is 24.0 Å². The molecule has 0 bridgehead atoms. The maximum absolute atomic E-state index is 13.3. The first-order chi connectivity index (χ1) is 14.7. The summed E-state index contributed by atoms with van der Waals surface area (Å²) in [7, 11) is 3.48. The summed E-state index contributed by atoms with van der Waals surface area (Å²) < 4.78 is 9.13. The van der Waals surface area contributed by atoms with E-state index in [1.54, 1.807) is 18.0 Å². The first kappa shape index (κ1) is 19.2. The average Bonchev–Trinajstić information content (AvgIpc) is 3.16. The van der Waals surface area contributed by atoms with Gasteiger partial charge in [-0.15, -0.1) is 0 Å². The number of methoxy groups -OCH3 is 1. The average molecular weight is 416 g/mol. The number of nitrogens with one attached hydrogen (secondary N) is 1. The van der Waals surface area contributed by atoms with Gasteiger partial charge in [0.25, 0.3) is 5.91 Å². The number of nitrogen functional groups attached to an aromatic ring is 1. The topological polar surface area (TPSA) is 100.0 Å². The highest BCUT2D eigenvalue weighted by Crippen LogP contribution is 2.45. The summed E-state index contributed by atoms with van der Waals surface area (Å²) in [5, 5.41) is 8.36. The summed E-state index contributed by atoms with van der Waals surface area (Å²) >= 11 is 0. The number of pyridine rings is 1. The highest BCUT2D eigenvalue weighted by atomic mass is 16.5. The molecule has 0 aliphatic carbocycles. The molecule has 1 aromatic carbocycles. The lowest BCUT2D eigenvalue weighted by molar-refractivity contribution is 0.102. The minimum absolute atomic E-state index is 0.266. The van der Waals surface area contributed by atoms with E-state index in [0.717, 1.165) is 50.5 Å². The van der Waals surface area contributed by atoms with E-state index in [0.29, 0.717) is 22.7 Å². The van der Waals surface area contributed by atoms with E-state index < -0.39 is 0 Å². The van der Waals surface area contributed by atoms with Crippen molar-refractivity contribution in [1.82, 2.24) is 19.3 Å². The molecular weight excluding hydrogens is 392 g/mol. The molecule has 1 aliphatic rings. The van der Waals surface area contributed by atoms with Crippen LogP contribution in [0.2, 0.25) is 0 Å². The van der Waals surface area contributed by atoms with E-state index in [9.17, 15) is 4.79 Å². The second kappa shape index (κ2) is 6.34. The molecule has 0 saturated carbocycles. The lowest BCUT2D eigenvalue weighted by atomic mass is 9.99. The molecule has 8 heteroatoms. The maximum atomic E-state index is 13.3. The molecule has 158 valence electrons. The van der Waals surface area contributed by atoms with E-state index >= 15 is 0 Å². The summed E-state index contributed by atoms with van der Waals surface area (Å²) in [4.78, 5) is 18.2. The van der Waals surface area contributed by atoms with Gasteiger partial charge in [-0.05, 0) is 44.9 Å². The fourth-order valence-corrected chi connectivity index (χ4v) is 4.62. The molecule has 0 saturated heterocycles. The Bertz CT molecular complexity index is 1430. The monoisotopic (exact) mass is 416 g/mol. The SMILES string of the molecule is COc1ccc(C)c(-n2c(N)c3c4c(c(C)c(C)nc42)-c2nn(C)cc2NC3=O)c1C. The normalized spacial score (nSPS) is 12.6. The number of nitrogens with zero attached hydrogens (tertiary/aromatic N) is 4. The summed E-state index contributed by atoms with van der Waals surface area (Å²) in [5.41, 5.74) is 14.6. The minimum Gasteiger partial charge on any atom is -0.496 e. The molecule has 3 aromatic heterocycles. The second-order valence-corrected chi connectivity index (χ2v) is 8.07. The van der Waals surface area contributed by atoms with E-state index in [1.807, 2.05) is 51.4 Å². The fraction of sp³-hybridized carbons (Fsp3) is 0.261. The van der Waals surface area contributed by atoms with Crippen LogP contribution in [0.4, 0.5) is 11.5 Å². The molecule has 1 aliphatic heterocycles. The van der Waals surface area contributed by atoms with Crippen LogP contribution >= 0.6 is 0 Å². The van der Waals surface area contributed by atoms with Gasteiger partial charge in [-0.1, -0.05) is 6.07 Å². The lowest BCUT2D eigenvalue weighted by Crippen LogP contribution is -2.14. The van der Waals surface area contributed by atoms with Crippen LogP contribution in [0, 0.1) is 27.7 Å². The zero-order valence-corrected chi connectivity index (χ0v) is 18.4. The number of aryl methyl sites for hydroxylation is 3. The van der Waals surface area contributed by atoms with Crippen molar-refractivity contribution in [3.63, 3.8) is 0 Å². The van der Waals surface area contributed by atoms with Gasteiger partial charge in [0, 0.05) is 35.5 Å². The number of hydrogen-bond acceptors (Lipinski definition) is 5. The lowest BCUT2D eigenvalue weighted by Gasteiger charge is -2.17. The summed E-state index contributed by atoms with van der Waals surface area (Å²) in [6.07, 6.45) is 1.81. The summed E-state index contributed by atoms with van der Waals surface area (Å²) in [6.45, 7) is 7.96. The van der Waals surface area contributed by atoms with Crippen molar-refractivity contribution in [3.8, 4) is 22.7 Å². The van der Waals surface area contributed by atoms with Crippen molar-refractivity contribution in [2.45, 2.75) is 27.7 Å². The Morgan fingerprint density at radius 2 is 1.84 bits per heavy atom. The van der Waals surface area contributed by atoms with Crippen molar-refractivity contribution in [3.05, 3.63) is 46.3 Å². The second-order valence-electron chi connectivity index (χ2n) is 8.07. The third kappa shape index (κ3) is 2.44. The van der Waals surface area contributed by atoms with E-state index in [1.165, 1.54) is 0 Å². The highest BCUT2D eigenvalue weighted by Gasteiger charge is 2.33. The number of fused-ring (bicyclic) bond motifs is 2. The molecule has 4 aromatic rings. The minimum atomic E-state index is -0.266. The van der Waals surface area contributed by atoms with Crippen LogP contribution in [-0.2, 0) is 7.05 Å². The molecule has 3 N–H and O–H groups in total. The number of amides is 1. The predicted molar refractivity (Wildman–Crippen MR) is 121 cm³/mol. The Balaban J connectivity index is 2.01. The van der Waals surface area contributed by atoms with Gasteiger partial charge in [-0.25, -0.2) is 4.98 Å². The van der Waals surface area contributed by atoms with E-state index in [-0.39, 0.29) is 5.91 Å². The Kier molecular flexibility index (Phi) is 3.92. The molecule has 31 heavy (non-hydrogen) atoms. The van der Waals surface area contributed by atoms with Gasteiger partial charge in [-0.2, -0.15) is 5.10 Å². The van der Waals surface area contributed by atoms with Crippen molar-refractivity contribution in [2.75, 3.05) is 18.2 Å². The number of benzene rings is 1. The fourth-order valence-electron chi connectivity index (χ4n) is 4.62. The number of rotatable bonds is 2. The van der Waals surface area contributed by atoms with E-state index in [2.05, 4.69) is 10.4 Å². The molecule has 4 heterocycles. The molecule has 1 amide bonds. The molecule has 0 fully saturated rings. The number of carbonyl (C=O) groups excluding carboxylic acids is 1. The summed E-state index contributed by atoms with van der Waals surface area (Å²) in [5.74, 6) is 0.828. The number of ether oxygens (including phenoxy) is 1. The molecule has 0 radical (unpaired) electrons. The molecule has 0 spiro atoms. The van der Waals surface area contributed by atoms with Crippen LogP contribution in [0.25, 0.3) is 28.0 Å². The smallest absolute Gasteiger partial charge is 0.260 e. The van der Waals surface area contributed by atoms with Crippen LogP contribution in [0.15, 0.2) is 18.3 Å². The largest absolute Gasteiger partial charge is 0.496 e. The number of nitrogens with two attached hydrogens (primary N) is 1. The van der Waals surface area contributed by atoms with Crippen LogP contribution in [0.3, 0.4) is 0 Å². The van der Waals surface area contributed by atoms with E-state index in [4.69, 9.17) is 15.5 Å². The Morgan fingerprint density at radius 3 is 2.55 bits per heavy atom. The number of aromatic nitrogens is 4.